The van der Waals surface area contributed by atoms with Crippen LogP contribution in [0.25, 0.3) is 11.3 Å². The molecular formula is C22H16BrN3OS. The average Bonchev–Trinajstić information content (AvgIpc) is 3.19. The molecule has 4 nitrogen and oxygen atoms in total. The van der Waals surface area contributed by atoms with Crippen LogP contribution in [0.4, 0.5) is 5.13 Å². The average molecular weight is 450 g/mol. The van der Waals surface area contributed by atoms with Gasteiger partial charge in [-0.15, -0.1) is 11.3 Å². The van der Waals surface area contributed by atoms with E-state index >= 15 is 0 Å². The highest BCUT2D eigenvalue weighted by molar-refractivity contribution is 9.10. The number of benzene rings is 3. The highest BCUT2D eigenvalue weighted by Gasteiger charge is 2.04. The van der Waals surface area contributed by atoms with Crippen molar-refractivity contribution in [3.05, 3.63) is 94.3 Å². The van der Waals surface area contributed by atoms with Gasteiger partial charge >= 0.3 is 0 Å². The van der Waals surface area contributed by atoms with Gasteiger partial charge in [0.05, 0.1) is 11.9 Å². The Labute approximate surface area is 175 Å². The van der Waals surface area contributed by atoms with Crippen LogP contribution in [0.1, 0.15) is 5.56 Å². The van der Waals surface area contributed by atoms with E-state index in [0.717, 1.165) is 37.9 Å². The van der Waals surface area contributed by atoms with Crippen LogP contribution in [0.3, 0.4) is 0 Å². The lowest BCUT2D eigenvalue weighted by atomic mass is 10.2. The summed E-state index contributed by atoms with van der Waals surface area (Å²) in [5, 5.41) is 7.04. The molecule has 0 aliphatic heterocycles. The van der Waals surface area contributed by atoms with Crippen LogP contribution in [0.15, 0.2) is 93.8 Å². The number of ether oxygens (including phenoxy) is 1. The lowest BCUT2D eigenvalue weighted by Crippen LogP contribution is -1.91. The third kappa shape index (κ3) is 4.85. The predicted octanol–water partition coefficient (Wildman–Crippen LogP) is 6.81. The Morgan fingerprint density at radius 1 is 0.929 bits per heavy atom. The highest BCUT2D eigenvalue weighted by atomic mass is 79.9. The summed E-state index contributed by atoms with van der Waals surface area (Å²) in [5.74, 6) is 1.57. The van der Waals surface area contributed by atoms with Gasteiger partial charge in [0, 0.05) is 15.4 Å². The molecule has 1 heterocycles. The van der Waals surface area contributed by atoms with E-state index in [1.807, 2.05) is 84.2 Å². The molecule has 1 N–H and O–H groups in total. The summed E-state index contributed by atoms with van der Waals surface area (Å²) in [6.07, 6.45) is 1.75. The van der Waals surface area contributed by atoms with Crippen molar-refractivity contribution in [3.8, 4) is 22.8 Å². The molecule has 0 saturated heterocycles. The molecule has 0 aliphatic carbocycles. The van der Waals surface area contributed by atoms with Crippen molar-refractivity contribution >= 4 is 38.6 Å². The lowest BCUT2D eigenvalue weighted by molar-refractivity contribution is 0.482. The maximum atomic E-state index is 5.85. The van der Waals surface area contributed by atoms with Crippen LogP contribution in [-0.2, 0) is 0 Å². The first-order valence-corrected chi connectivity index (χ1v) is 10.3. The van der Waals surface area contributed by atoms with E-state index in [0.29, 0.717) is 0 Å². The zero-order chi connectivity index (χ0) is 19.2. The fourth-order valence-corrected chi connectivity index (χ4v) is 3.46. The number of hydrogen-bond donors (Lipinski definition) is 1. The Balaban J connectivity index is 1.40. The Bertz CT molecular complexity index is 1080. The van der Waals surface area contributed by atoms with E-state index in [2.05, 4.69) is 31.4 Å². The third-order valence-corrected chi connectivity index (χ3v) is 5.13. The first-order chi connectivity index (χ1) is 13.8. The Morgan fingerprint density at radius 3 is 2.54 bits per heavy atom. The molecule has 0 saturated carbocycles. The topological polar surface area (TPSA) is 46.5 Å². The SMILES string of the molecule is Brc1ccc(-c2csc(NN=Cc3cccc(Oc4ccccc4)c3)n2)cc1. The van der Waals surface area contributed by atoms with Gasteiger partial charge in [-0.05, 0) is 42.0 Å². The largest absolute Gasteiger partial charge is 0.457 e. The number of rotatable bonds is 6. The Hall–Kier alpha value is -2.96. The smallest absolute Gasteiger partial charge is 0.203 e. The van der Waals surface area contributed by atoms with E-state index in [1.54, 1.807) is 6.21 Å². The second kappa shape index (κ2) is 8.82. The van der Waals surface area contributed by atoms with Crippen molar-refractivity contribution in [1.82, 2.24) is 4.98 Å². The van der Waals surface area contributed by atoms with Gasteiger partial charge < -0.3 is 4.74 Å². The van der Waals surface area contributed by atoms with Crippen molar-refractivity contribution in [2.45, 2.75) is 0 Å². The monoisotopic (exact) mass is 449 g/mol. The fourth-order valence-electron chi connectivity index (χ4n) is 2.52. The van der Waals surface area contributed by atoms with E-state index in [9.17, 15) is 0 Å². The van der Waals surface area contributed by atoms with Gasteiger partial charge in [-0.25, -0.2) is 4.98 Å². The molecule has 6 heteroatoms. The lowest BCUT2D eigenvalue weighted by Gasteiger charge is -2.05. The molecule has 0 amide bonds. The van der Waals surface area contributed by atoms with E-state index in [4.69, 9.17) is 4.74 Å². The van der Waals surface area contributed by atoms with Crippen molar-refractivity contribution in [1.29, 1.82) is 0 Å². The minimum atomic E-state index is 0.742. The maximum Gasteiger partial charge on any atom is 0.203 e. The molecule has 138 valence electrons. The summed E-state index contributed by atoms with van der Waals surface area (Å²) in [4.78, 5) is 4.57. The quantitative estimate of drug-likeness (QED) is 0.259. The van der Waals surface area contributed by atoms with Crippen molar-refractivity contribution in [2.24, 2.45) is 5.10 Å². The second-order valence-corrected chi connectivity index (χ2v) is 7.68. The van der Waals surface area contributed by atoms with Gasteiger partial charge in [0.25, 0.3) is 0 Å². The fraction of sp³-hybridized carbons (Fsp3) is 0. The number of hydrazone groups is 1. The van der Waals surface area contributed by atoms with Gasteiger partial charge in [0.2, 0.25) is 5.13 Å². The molecular weight excluding hydrogens is 434 g/mol. The van der Waals surface area contributed by atoms with Crippen molar-refractivity contribution in [2.75, 3.05) is 5.43 Å². The summed E-state index contributed by atoms with van der Waals surface area (Å²) < 4.78 is 6.90. The summed E-state index contributed by atoms with van der Waals surface area (Å²) in [6.45, 7) is 0. The van der Waals surface area contributed by atoms with Crippen LogP contribution in [0.2, 0.25) is 0 Å². The molecule has 0 unspecified atom stereocenters. The molecule has 1 aromatic heterocycles. The molecule has 3 aromatic carbocycles. The first-order valence-electron chi connectivity index (χ1n) is 8.60. The zero-order valence-electron chi connectivity index (χ0n) is 14.7. The molecule has 0 atom stereocenters. The molecule has 4 rings (SSSR count). The van der Waals surface area contributed by atoms with E-state index in [1.165, 1.54) is 11.3 Å². The minimum absolute atomic E-state index is 0.742. The third-order valence-electron chi connectivity index (χ3n) is 3.85. The van der Waals surface area contributed by atoms with E-state index < -0.39 is 0 Å². The van der Waals surface area contributed by atoms with Crippen LogP contribution >= 0.6 is 27.3 Å². The normalized spacial score (nSPS) is 10.9. The Kier molecular flexibility index (Phi) is 5.80. The number of nitrogens with zero attached hydrogens (tertiary/aromatic N) is 2. The number of halogens is 1. The summed E-state index contributed by atoms with van der Waals surface area (Å²) >= 11 is 4.96. The van der Waals surface area contributed by atoms with Gasteiger partial charge in [-0.2, -0.15) is 5.10 Å². The van der Waals surface area contributed by atoms with Gasteiger partial charge in [-0.1, -0.05) is 58.4 Å². The molecule has 0 radical (unpaired) electrons. The zero-order valence-corrected chi connectivity index (χ0v) is 17.2. The predicted molar refractivity (Wildman–Crippen MR) is 119 cm³/mol. The molecule has 0 fully saturated rings. The van der Waals surface area contributed by atoms with Gasteiger partial charge in [0.15, 0.2) is 0 Å². The standard InChI is InChI=1S/C22H16BrN3OS/c23-18-11-9-17(10-12-18)21-15-28-22(25-21)26-24-14-16-5-4-8-20(13-16)27-19-6-2-1-3-7-19/h1-15H,(H,25,26). The molecule has 4 aromatic rings. The van der Waals surface area contributed by atoms with Crippen LogP contribution < -0.4 is 10.2 Å². The molecule has 28 heavy (non-hydrogen) atoms. The number of anilines is 1. The maximum absolute atomic E-state index is 5.85. The number of nitrogens with one attached hydrogen (secondary N) is 1. The van der Waals surface area contributed by atoms with Crippen LogP contribution in [0.5, 0.6) is 11.5 Å². The van der Waals surface area contributed by atoms with Gasteiger partial charge in [-0.3, -0.25) is 5.43 Å². The summed E-state index contributed by atoms with van der Waals surface area (Å²) in [6, 6.07) is 25.5. The molecule has 0 aliphatic rings. The van der Waals surface area contributed by atoms with Crippen LogP contribution in [-0.4, -0.2) is 11.2 Å². The number of para-hydroxylation sites is 1. The van der Waals surface area contributed by atoms with Gasteiger partial charge in [0.1, 0.15) is 11.5 Å². The number of hydrogen-bond acceptors (Lipinski definition) is 5. The van der Waals surface area contributed by atoms with Crippen molar-refractivity contribution in [3.63, 3.8) is 0 Å². The number of thiazole rings is 1. The van der Waals surface area contributed by atoms with Crippen LogP contribution in [0, 0.1) is 0 Å². The summed E-state index contributed by atoms with van der Waals surface area (Å²) in [7, 11) is 0. The minimum Gasteiger partial charge on any atom is -0.457 e. The molecule has 0 bridgehead atoms. The van der Waals surface area contributed by atoms with E-state index in [-0.39, 0.29) is 0 Å². The second-order valence-electron chi connectivity index (χ2n) is 5.90. The summed E-state index contributed by atoms with van der Waals surface area (Å²) in [5.41, 5.74) is 5.92. The Morgan fingerprint density at radius 2 is 1.71 bits per heavy atom. The number of aromatic nitrogens is 1. The highest BCUT2D eigenvalue weighted by Crippen LogP contribution is 2.26. The first kappa shape index (κ1) is 18.4. The van der Waals surface area contributed by atoms with Crippen molar-refractivity contribution < 1.29 is 4.74 Å². The molecule has 0 spiro atoms.